The fourth-order valence-electron chi connectivity index (χ4n) is 3.41. The quantitative estimate of drug-likeness (QED) is 0.756. The highest BCUT2D eigenvalue weighted by Crippen LogP contribution is 2.24. The zero-order valence-corrected chi connectivity index (χ0v) is 13.3. The van der Waals surface area contributed by atoms with Gasteiger partial charge in [-0.05, 0) is 51.3 Å². The SMILES string of the molecule is Cc1cc(C)cc(C(=O)CCN2CCCC2C(C)C)c1. The molecule has 0 spiro atoms. The monoisotopic (exact) mass is 273 g/mol. The molecule has 2 nitrogen and oxygen atoms in total. The smallest absolute Gasteiger partial charge is 0.164 e. The first-order chi connectivity index (χ1) is 9.47. The summed E-state index contributed by atoms with van der Waals surface area (Å²) in [6.07, 6.45) is 3.21. The topological polar surface area (TPSA) is 20.3 Å². The molecule has 20 heavy (non-hydrogen) atoms. The average Bonchev–Trinajstić information content (AvgIpc) is 2.83. The van der Waals surface area contributed by atoms with Crippen LogP contribution < -0.4 is 0 Å². The molecule has 0 saturated carbocycles. The zero-order chi connectivity index (χ0) is 14.7. The van der Waals surface area contributed by atoms with Crippen molar-refractivity contribution in [1.82, 2.24) is 4.90 Å². The minimum atomic E-state index is 0.284. The van der Waals surface area contributed by atoms with E-state index in [4.69, 9.17) is 0 Å². The van der Waals surface area contributed by atoms with Gasteiger partial charge < -0.3 is 0 Å². The summed E-state index contributed by atoms with van der Waals surface area (Å²) in [5, 5.41) is 0. The fourth-order valence-corrected chi connectivity index (χ4v) is 3.41. The third kappa shape index (κ3) is 3.69. The first kappa shape index (κ1) is 15.2. The van der Waals surface area contributed by atoms with Crippen molar-refractivity contribution in [2.45, 2.75) is 53.0 Å². The Bertz CT molecular complexity index is 458. The average molecular weight is 273 g/mol. The van der Waals surface area contributed by atoms with E-state index in [1.807, 2.05) is 12.1 Å². The largest absolute Gasteiger partial charge is 0.300 e. The van der Waals surface area contributed by atoms with Gasteiger partial charge in [-0.15, -0.1) is 0 Å². The Labute approximate surface area is 123 Å². The Balaban J connectivity index is 1.95. The molecule has 1 aliphatic rings. The van der Waals surface area contributed by atoms with E-state index >= 15 is 0 Å². The molecule has 0 N–H and O–H groups in total. The molecule has 1 saturated heterocycles. The van der Waals surface area contributed by atoms with Gasteiger partial charge in [-0.25, -0.2) is 0 Å². The summed E-state index contributed by atoms with van der Waals surface area (Å²) in [6.45, 7) is 10.7. The predicted molar refractivity (Wildman–Crippen MR) is 84.3 cm³/mol. The summed E-state index contributed by atoms with van der Waals surface area (Å²) in [5.41, 5.74) is 3.23. The highest BCUT2D eigenvalue weighted by atomic mass is 16.1. The van der Waals surface area contributed by atoms with E-state index in [-0.39, 0.29) is 5.78 Å². The normalized spacial score (nSPS) is 19.8. The van der Waals surface area contributed by atoms with Gasteiger partial charge in [-0.3, -0.25) is 9.69 Å². The van der Waals surface area contributed by atoms with Crippen LogP contribution in [0.5, 0.6) is 0 Å². The Hall–Kier alpha value is -1.15. The van der Waals surface area contributed by atoms with E-state index in [0.29, 0.717) is 18.4 Å². The number of carbonyl (C=O) groups excluding carboxylic acids is 1. The van der Waals surface area contributed by atoms with Crippen LogP contribution in [-0.4, -0.2) is 29.8 Å². The molecule has 1 atom stereocenters. The number of aryl methyl sites for hydroxylation is 2. The highest BCUT2D eigenvalue weighted by molar-refractivity contribution is 5.96. The molecule has 2 heteroatoms. The lowest BCUT2D eigenvalue weighted by molar-refractivity contribution is 0.0954. The first-order valence-electron chi connectivity index (χ1n) is 7.83. The molecule has 0 amide bonds. The molecule has 110 valence electrons. The van der Waals surface area contributed by atoms with Crippen molar-refractivity contribution in [3.05, 3.63) is 34.9 Å². The lowest BCUT2D eigenvalue weighted by atomic mass is 10.0. The lowest BCUT2D eigenvalue weighted by Gasteiger charge is -2.27. The van der Waals surface area contributed by atoms with Crippen LogP contribution >= 0.6 is 0 Å². The molecule has 0 radical (unpaired) electrons. The Morgan fingerprint density at radius 3 is 2.50 bits per heavy atom. The number of carbonyl (C=O) groups is 1. The second-order valence-corrected chi connectivity index (χ2v) is 6.54. The second kappa shape index (κ2) is 6.53. The van der Waals surface area contributed by atoms with Crippen molar-refractivity contribution >= 4 is 5.78 Å². The van der Waals surface area contributed by atoms with E-state index in [2.05, 4.69) is 38.7 Å². The number of hydrogen-bond acceptors (Lipinski definition) is 2. The fraction of sp³-hybridized carbons (Fsp3) is 0.611. The van der Waals surface area contributed by atoms with Crippen molar-refractivity contribution in [3.8, 4) is 0 Å². The molecule has 1 aromatic rings. The van der Waals surface area contributed by atoms with Gasteiger partial charge >= 0.3 is 0 Å². The Kier molecular flexibility index (Phi) is 4.98. The van der Waals surface area contributed by atoms with Gasteiger partial charge in [-0.2, -0.15) is 0 Å². The molecule has 0 aliphatic carbocycles. The van der Waals surface area contributed by atoms with Gasteiger partial charge in [0.1, 0.15) is 0 Å². The number of benzene rings is 1. The van der Waals surface area contributed by atoms with E-state index in [0.717, 1.165) is 18.7 Å². The summed E-state index contributed by atoms with van der Waals surface area (Å²) in [7, 11) is 0. The molecular formula is C18H27NO. The van der Waals surface area contributed by atoms with Gasteiger partial charge in [0, 0.05) is 24.6 Å². The van der Waals surface area contributed by atoms with Crippen LogP contribution in [0.15, 0.2) is 18.2 Å². The molecule has 0 aromatic heterocycles. The third-order valence-electron chi connectivity index (χ3n) is 4.35. The summed E-state index contributed by atoms with van der Waals surface area (Å²) in [6, 6.07) is 6.81. The molecule has 1 fully saturated rings. The maximum atomic E-state index is 12.4. The van der Waals surface area contributed by atoms with Crippen LogP contribution in [0.1, 0.15) is 54.6 Å². The van der Waals surface area contributed by atoms with Crippen molar-refractivity contribution < 1.29 is 4.79 Å². The summed E-state index contributed by atoms with van der Waals surface area (Å²) >= 11 is 0. The van der Waals surface area contributed by atoms with Gasteiger partial charge in [0.15, 0.2) is 5.78 Å². The molecule has 1 unspecified atom stereocenters. The lowest BCUT2D eigenvalue weighted by Crippen LogP contribution is -2.35. The van der Waals surface area contributed by atoms with Crippen molar-refractivity contribution in [1.29, 1.82) is 0 Å². The molecular weight excluding hydrogens is 246 g/mol. The molecule has 0 bridgehead atoms. The number of rotatable bonds is 5. The second-order valence-electron chi connectivity index (χ2n) is 6.54. The van der Waals surface area contributed by atoms with Gasteiger partial charge in [0.25, 0.3) is 0 Å². The van der Waals surface area contributed by atoms with Gasteiger partial charge in [-0.1, -0.05) is 31.0 Å². The van der Waals surface area contributed by atoms with E-state index < -0.39 is 0 Å². The van der Waals surface area contributed by atoms with Crippen LogP contribution in [0, 0.1) is 19.8 Å². The minimum absolute atomic E-state index is 0.284. The highest BCUT2D eigenvalue weighted by Gasteiger charge is 2.27. The van der Waals surface area contributed by atoms with Crippen LogP contribution in [-0.2, 0) is 0 Å². The maximum Gasteiger partial charge on any atom is 0.164 e. The third-order valence-corrected chi connectivity index (χ3v) is 4.35. The number of likely N-dealkylation sites (tertiary alicyclic amines) is 1. The van der Waals surface area contributed by atoms with Crippen LogP contribution in [0.3, 0.4) is 0 Å². The molecule has 1 aliphatic heterocycles. The number of hydrogen-bond donors (Lipinski definition) is 0. The van der Waals surface area contributed by atoms with Crippen LogP contribution in [0.2, 0.25) is 0 Å². The standard InChI is InChI=1S/C18H27NO/c1-13(2)17-6-5-8-19(17)9-7-18(20)16-11-14(3)10-15(4)12-16/h10-13,17H,5-9H2,1-4H3. The van der Waals surface area contributed by atoms with Crippen LogP contribution in [0.4, 0.5) is 0 Å². The zero-order valence-electron chi connectivity index (χ0n) is 13.3. The number of Topliss-reactive ketones (excluding diaryl/α,β-unsaturated/α-hetero) is 1. The number of nitrogens with zero attached hydrogens (tertiary/aromatic N) is 1. The van der Waals surface area contributed by atoms with Gasteiger partial charge in [0.05, 0.1) is 0 Å². The Morgan fingerprint density at radius 2 is 1.90 bits per heavy atom. The van der Waals surface area contributed by atoms with E-state index in [9.17, 15) is 4.79 Å². The van der Waals surface area contributed by atoms with Crippen molar-refractivity contribution in [2.75, 3.05) is 13.1 Å². The minimum Gasteiger partial charge on any atom is -0.300 e. The first-order valence-corrected chi connectivity index (χ1v) is 7.83. The molecule has 1 heterocycles. The summed E-state index contributed by atoms with van der Waals surface area (Å²) in [5.74, 6) is 0.972. The summed E-state index contributed by atoms with van der Waals surface area (Å²) in [4.78, 5) is 14.9. The summed E-state index contributed by atoms with van der Waals surface area (Å²) < 4.78 is 0. The van der Waals surface area contributed by atoms with Crippen molar-refractivity contribution in [2.24, 2.45) is 5.92 Å². The predicted octanol–water partition coefficient (Wildman–Crippen LogP) is 4.00. The van der Waals surface area contributed by atoms with Crippen molar-refractivity contribution in [3.63, 3.8) is 0 Å². The Morgan fingerprint density at radius 1 is 1.25 bits per heavy atom. The van der Waals surface area contributed by atoms with Gasteiger partial charge in [0.2, 0.25) is 0 Å². The molecule has 2 rings (SSSR count). The van der Waals surface area contributed by atoms with Crippen LogP contribution in [0.25, 0.3) is 0 Å². The molecule has 1 aromatic carbocycles. The van der Waals surface area contributed by atoms with E-state index in [1.165, 1.54) is 24.0 Å². The van der Waals surface area contributed by atoms with E-state index in [1.54, 1.807) is 0 Å². The number of ketones is 1. The maximum absolute atomic E-state index is 12.4.